The van der Waals surface area contributed by atoms with Gasteiger partial charge in [0.25, 0.3) is 5.91 Å². The van der Waals surface area contributed by atoms with Gasteiger partial charge in [0.15, 0.2) is 5.16 Å². The molecule has 2 aromatic carbocycles. The number of fused-ring (bicyclic) bond motifs is 1. The maximum atomic E-state index is 13.0. The SMILES string of the molecule is COCCn1c(SCc2nnc(C(=O)NCc3ccc(F)cc3)s2)nc2cc(Cl)ccc21. The average Bonchev–Trinajstić information content (AvgIpc) is 3.40. The van der Waals surface area contributed by atoms with E-state index in [1.807, 2.05) is 18.2 Å². The van der Waals surface area contributed by atoms with E-state index in [-0.39, 0.29) is 23.3 Å². The Morgan fingerprint density at radius 2 is 2.06 bits per heavy atom. The first kappa shape index (κ1) is 22.7. The smallest absolute Gasteiger partial charge is 0.282 e. The van der Waals surface area contributed by atoms with Gasteiger partial charge < -0.3 is 14.6 Å². The lowest BCUT2D eigenvalue weighted by Gasteiger charge is -2.07. The lowest BCUT2D eigenvalue weighted by atomic mass is 10.2. The van der Waals surface area contributed by atoms with E-state index in [0.717, 1.165) is 21.8 Å². The van der Waals surface area contributed by atoms with Crippen molar-refractivity contribution >= 4 is 51.6 Å². The summed E-state index contributed by atoms with van der Waals surface area (Å²) in [6.07, 6.45) is 0. The van der Waals surface area contributed by atoms with Gasteiger partial charge in [0.1, 0.15) is 10.8 Å². The molecule has 0 aliphatic heterocycles. The Bertz CT molecular complexity index is 1230. The molecule has 1 amide bonds. The maximum absolute atomic E-state index is 13.0. The number of ether oxygens (including phenoxy) is 1. The van der Waals surface area contributed by atoms with Gasteiger partial charge in [-0.25, -0.2) is 9.37 Å². The summed E-state index contributed by atoms with van der Waals surface area (Å²) in [6.45, 7) is 1.50. The van der Waals surface area contributed by atoms with E-state index < -0.39 is 0 Å². The molecule has 2 heterocycles. The molecule has 166 valence electrons. The summed E-state index contributed by atoms with van der Waals surface area (Å²) in [6, 6.07) is 11.6. The van der Waals surface area contributed by atoms with E-state index >= 15 is 0 Å². The van der Waals surface area contributed by atoms with Gasteiger partial charge in [-0.1, -0.05) is 46.8 Å². The van der Waals surface area contributed by atoms with Gasteiger partial charge in [-0.15, -0.1) is 10.2 Å². The molecule has 0 saturated heterocycles. The van der Waals surface area contributed by atoms with Gasteiger partial charge in [-0.3, -0.25) is 4.79 Å². The van der Waals surface area contributed by atoms with E-state index in [4.69, 9.17) is 16.3 Å². The zero-order valence-corrected chi connectivity index (χ0v) is 19.4. The van der Waals surface area contributed by atoms with Crippen LogP contribution in [0, 0.1) is 5.82 Å². The third-order valence-corrected chi connectivity index (χ3v) is 6.87. The van der Waals surface area contributed by atoms with Gasteiger partial charge >= 0.3 is 0 Å². The Balaban J connectivity index is 1.41. The van der Waals surface area contributed by atoms with Crippen molar-refractivity contribution in [3.05, 3.63) is 68.9 Å². The van der Waals surface area contributed by atoms with Crippen LogP contribution in [0.25, 0.3) is 11.0 Å². The number of carbonyl (C=O) groups is 1. The Kier molecular flexibility index (Phi) is 7.36. The highest BCUT2D eigenvalue weighted by Gasteiger charge is 2.16. The number of hydrogen-bond donors (Lipinski definition) is 1. The minimum Gasteiger partial charge on any atom is -0.383 e. The zero-order chi connectivity index (χ0) is 22.5. The number of rotatable bonds is 9. The third kappa shape index (κ3) is 5.44. The molecule has 0 saturated carbocycles. The van der Waals surface area contributed by atoms with E-state index in [1.54, 1.807) is 19.2 Å². The summed E-state index contributed by atoms with van der Waals surface area (Å²) in [5.41, 5.74) is 2.59. The summed E-state index contributed by atoms with van der Waals surface area (Å²) < 4.78 is 20.3. The number of hydrogen-bond acceptors (Lipinski definition) is 7. The molecule has 11 heteroatoms. The molecule has 2 aromatic heterocycles. The van der Waals surface area contributed by atoms with Crippen LogP contribution in [-0.2, 0) is 23.6 Å². The standard InChI is InChI=1S/C21H19ClFN5O2S2/c1-30-9-8-28-17-7-4-14(22)10-16(17)25-21(28)31-12-18-26-27-20(32-18)19(29)24-11-13-2-5-15(23)6-3-13/h2-7,10H,8-9,11-12H2,1H3,(H,24,29). The van der Waals surface area contributed by atoms with E-state index in [0.29, 0.717) is 28.9 Å². The lowest BCUT2D eigenvalue weighted by molar-refractivity contribution is 0.0950. The molecule has 4 rings (SSSR count). The van der Waals surface area contributed by atoms with Crippen LogP contribution < -0.4 is 5.32 Å². The van der Waals surface area contributed by atoms with Gasteiger partial charge in [0.05, 0.1) is 23.4 Å². The van der Waals surface area contributed by atoms with Gasteiger partial charge in [-0.2, -0.15) is 0 Å². The molecule has 0 unspecified atom stereocenters. The van der Waals surface area contributed by atoms with Crippen LogP contribution in [0.15, 0.2) is 47.6 Å². The molecular weight excluding hydrogens is 473 g/mol. The molecule has 1 N–H and O–H groups in total. The number of nitrogens with one attached hydrogen (secondary N) is 1. The van der Waals surface area contributed by atoms with E-state index in [2.05, 4.69) is 25.1 Å². The molecule has 0 spiro atoms. The number of halogens is 2. The summed E-state index contributed by atoms with van der Waals surface area (Å²) in [5.74, 6) is -0.109. The van der Waals surface area contributed by atoms with Crippen LogP contribution >= 0.6 is 34.7 Å². The average molecular weight is 492 g/mol. The summed E-state index contributed by atoms with van der Waals surface area (Å²) in [4.78, 5) is 17.1. The zero-order valence-electron chi connectivity index (χ0n) is 17.0. The van der Waals surface area contributed by atoms with E-state index in [9.17, 15) is 9.18 Å². The fraction of sp³-hybridized carbons (Fsp3) is 0.238. The number of imidazole rings is 1. The molecule has 32 heavy (non-hydrogen) atoms. The molecule has 0 bridgehead atoms. The van der Waals surface area contributed by atoms with Crippen molar-refractivity contribution in [1.82, 2.24) is 25.1 Å². The summed E-state index contributed by atoms with van der Waals surface area (Å²) >= 11 is 8.86. The fourth-order valence-corrected chi connectivity index (χ4v) is 4.93. The Hall–Kier alpha value is -2.53. The first-order chi connectivity index (χ1) is 15.5. The first-order valence-electron chi connectivity index (χ1n) is 9.66. The second kappa shape index (κ2) is 10.4. The van der Waals surface area contributed by atoms with Gasteiger partial charge in [0.2, 0.25) is 5.01 Å². The number of nitrogens with zero attached hydrogens (tertiary/aromatic N) is 4. The van der Waals surface area contributed by atoms with Gasteiger partial charge in [-0.05, 0) is 35.9 Å². The van der Waals surface area contributed by atoms with Crippen molar-refractivity contribution in [2.24, 2.45) is 0 Å². The molecule has 0 radical (unpaired) electrons. The van der Waals surface area contributed by atoms with Crippen LogP contribution in [0.4, 0.5) is 4.39 Å². The maximum Gasteiger partial charge on any atom is 0.282 e. The predicted molar refractivity (Wildman–Crippen MR) is 124 cm³/mol. The predicted octanol–water partition coefficient (Wildman–Crippen LogP) is 4.55. The lowest BCUT2D eigenvalue weighted by Crippen LogP contribution is -2.22. The van der Waals surface area contributed by atoms with Gasteiger partial charge in [0, 0.05) is 25.2 Å². The molecule has 4 aromatic rings. The second-order valence-corrected chi connectivity index (χ2v) is 9.21. The van der Waals surface area contributed by atoms with Crippen LogP contribution in [0.3, 0.4) is 0 Å². The quantitative estimate of drug-likeness (QED) is 0.346. The number of carbonyl (C=O) groups excluding carboxylic acids is 1. The highest BCUT2D eigenvalue weighted by molar-refractivity contribution is 7.98. The monoisotopic (exact) mass is 491 g/mol. The molecule has 0 fully saturated rings. The third-order valence-electron chi connectivity index (χ3n) is 4.55. The van der Waals surface area contributed by atoms with Crippen molar-refractivity contribution in [3.8, 4) is 0 Å². The van der Waals surface area contributed by atoms with Crippen LogP contribution in [0.2, 0.25) is 5.02 Å². The number of aromatic nitrogens is 4. The molecule has 0 aliphatic carbocycles. The second-order valence-electron chi connectivity index (χ2n) is 6.77. The first-order valence-corrected chi connectivity index (χ1v) is 11.8. The highest BCUT2D eigenvalue weighted by Crippen LogP contribution is 2.29. The number of benzene rings is 2. The molecular formula is C21H19ClFN5O2S2. The van der Waals surface area contributed by atoms with Crippen molar-refractivity contribution in [3.63, 3.8) is 0 Å². The fourth-order valence-electron chi connectivity index (χ4n) is 2.98. The highest BCUT2D eigenvalue weighted by atomic mass is 35.5. The number of amides is 1. The Labute approximate surface area is 197 Å². The summed E-state index contributed by atoms with van der Waals surface area (Å²) in [7, 11) is 1.66. The van der Waals surface area contributed by atoms with Crippen molar-refractivity contribution < 1.29 is 13.9 Å². The molecule has 7 nitrogen and oxygen atoms in total. The number of thioether (sulfide) groups is 1. The minimum absolute atomic E-state index is 0.280. The van der Waals surface area contributed by atoms with E-state index in [1.165, 1.54) is 35.2 Å². The van der Waals surface area contributed by atoms with Crippen LogP contribution in [-0.4, -0.2) is 39.4 Å². The molecule has 0 atom stereocenters. The Morgan fingerprint density at radius 1 is 1.25 bits per heavy atom. The van der Waals surface area contributed by atoms with Crippen LogP contribution in [0.5, 0.6) is 0 Å². The van der Waals surface area contributed by atoms with Crippen molar-refractivity contribution in [1.29, 1.82) is 0 Å². The van der Waals surface area contributed by atoms with Crippen molar-refractivity contribution in [2.45, 2.75) is 24.0 Å². The largest absolute Gasteiger partial charge is 0.383 e. The Morgan fingerprint density at radius 3 is 2.84 bits per heavy atom. The summed E-state index contributed by atoms with van der Waals surface area (Å²) in [5, 5.41) is 13.3. The van der Waals surface area contributed by atoms with Crippen LogP contribution in [0.1, 0.15) is 20.4 Å². The topological polar surface area (TPSA) is 81.9 Å². The number of methoxy groups -OCH3 is 1. The normalized spacial score (nSPS) is 11.2. The molecule has 0 aliphatic rings. The van der Waals surface area contributed by atoms with Crippen molar-refractivity contribution in [2.75, 3.05) is 13.7 Å². The minimum atomic E-state index is -0.315.